The molecule has 1 unspecified atom stereocenters. The second kappa shape index (κ2) is 5.49. The molecule has 0 radical (unpaired) electrons. The largest absolute Gasteiger partial charge is 0.481 e. The molecule has 5 nitrogen and oxygen atoms in total. The molecule has 0 aromatic rings. The molecule has 96 valence electrons. The van der Waals surface area contributed by atoms with E-state index in [9.17, 15) is 9.59 Å². The monoisotopic (exact) mass is 241 g/mol. The topological polar surface area (TPSA) is 66.8 Å². The Balaban J connectivity index is 1.83. The second-order valence-electron chi connectivity index (χ2n) is 4.85. The van der Waals surface area contributed by atoms with Crippen molar-refractivity contribution in [3.8, 4) is 0 Å². The van der Waals surface area contributed by atoms with E-state index < -0.39 is 5.97 Å². The second-order valence-corrected chi connectivity index (χ2v) is 4.85. The molecule has 0 spiro atoms. The van der Waals surface area contributed by atoms with Gasteiger partial charge < -0.3 is 14.7 Å². The lowest BCUT2D eigenvalue weighted by Crippen LogP contribution is -2.44. The molecule has 2 fully saturated rings. The molecule has 5 heteroatoms. The number of carboxylic acids is 1. The average molecular weight is 241 g/mol. The zero-order chi connectivity index (χ0) is 12.3. The first-order valence-corrected chi connectivity index (χ1v) is 6.28. The third-order valence-corrected chi connectivity index (χ3v) is 3.67. The Kier molecular flexibility index (Phi) is 3.99. The van der Waals surface area contributed by atoms with E-state index in [4.69, 9.17) is 9.84 Å². The third kappa shape index (κ3) is 2.97. The highest BCUT2D eigenvalue weighted by Crippen LogP contribution is 2.22. The summed E-state index contributed by atoms with van der Waals surface area (Å²) in [6.07, 6.45) is 3.00. The van der Waals surface area contributed by atoms with Crippen LogP contribution in [0.3, 0.4) is 0 Å². The van der Waals surface area contributed by atoms with Gasteiger partial charge in [-0.05, 0) is 25.7 Å². The molecule has 2 heterocycles. The number of carbonyl (C=O) groups is 2. The molecule has 0 aliphatic carbocycles. The molecule has 0 aromatic carbocycles. The van der Waals surface area contributed by atoms with Crippen LogP contribution >= 0.6 is 0 Å². The molecule has 1 N–H and O–H groups in total. The Bertz CT molecular complexity index is 291. The Hall–Kier alpha value is -1.10. The van der Waals surface area contributed by atoms with Crippen molar-refractivity contribution < 1.29 is 19.4 Å². The van der Waals surface area contributed by atoms with Gasteiger partial charge in [0.1, 0.15) is 0 Å². The summed E-state index contributed by atoms with van der Waals surface area (Å²) in [6, 6.07) is 0. The Morgan fingerprint density at radius 3 is 2.35 bits per heavy atom. The summed E-state index contributed by atoms with van der Waals surface area (Å²) in [7, 11) is 0. The van der Waals surface area contributed by atoms with Crippen LogP contribution in [0.25, 0.3) is 0 Å². The molecule has 1 amide bonds. The molecule has 2 aliphatic rings. The minimum absolute atomic E-state index is 0.00914. The molecule has 0 bridgehead atoms. The zero-order valence-corrected chi connectivity index (χ0v) is 9.93. The molecule has 0 aromatic heterocycles. The van der Waals surface area contributed by atoms with Crippen molar-refractivity contribution >= 4 is 11.9 Å². The van der Waals surface area contributed by atoms with E-state index in [2.05, 4.69) is 0 Å². The quantitative estimate of drug-likeness (QED) is 0.774. The predicted octanol–water partition coefficient (Wildman–Crippen LogP) is 0.736. The number of likely N-dealkylation sites (tertiary alicyclic amines) is 1. The predicted molar refractivity (Wildman–Crippen MR) is 60.5 cm³/mol. The molecule has 2 aliphatic heterocycles. The summed E-state index contributed by atoms with van der Waals surface area (Å²) in [5.74, 6) is -0.876. The fraction of sp³-hybridized carbons (Fsp3) is 0.833. The van der Waals surface area contributed by atoms with Gasteiger partial charge in [0.2, 0.25) is 5.91 Å². The maximum Gasteiger partial charge on any atom is 0.306 e. The first kappa shape index (κ1) is 12.4. The summed E-state index contributed by atoms with van der Waals surface area (Å²) in [4.78, 5) is 24.7. The van der Waals surface area contributed by atoms with Gasteiger partial charge in [-0.1, -0.05) is 0 Å². The Morgan fingerprint density at radius 1 is 1.12 bits per heavy atom. The van der Waals surface area contributed by atoms with Crippen LogP contribution < -0.4 is 0 Å². The highest BCUT2D eigenvalue weighted by molar-refractivity contribution is 5.79. The smallest absolute Gasteiger partial charge is 0.306 e. The Labute approximate surface area is 101 Å². The van der Waals surface area contributed by atoms with Gasteiger partial charge in [0.05, 0.1) is 18.4 Å². The highest BCUT2D eigenvalue weighted by atomic mass is 16.5. The number of amides is 1. The van der Waals surface area contributed by atoms with Crippen molar-refractivity contribution in [2.75, 3.05) is 26.3 Å². The van der Waals surface area contributed by atoms with Crippen LogP contribution in [0.4, 0.5) is 0 Å². The normalized spacial score (nSPS) is 26.8. The summed E-state index contributed by atoms with van der Waals surface area (Å²) < 4.78 is 5.31. The molecule has 17 heavy (non-hydrogen) atoms. The van der Waals surface area contributed by atoms with E-state index in [1.54, 1.807) is 4.90 Å². The van der Waals surface area contributed by atoms with E-state index in [0.29, 0.717) is 32.5 Å². The standard InChI is InChI=1S/C12H19NO4/c14-11(10-2-1-7-17-8-10)13-5-3-9(4-6-13)12(15)16/h9-10H,1-8H2,(H,15,16). The van der Waals surface area contributed by atoms with E-state index in [1.165, 1.54) is 0 Å². The van der Waals surface area contributed by atoms with Crippen molar-refractivity contribution in [1.29, 1.82) is 0 Å². The molecular weight excluding hydrogens is 222 g/mol. The minimum atomic E-state index is -0.738. The lowest BCUT2D eigenvalue weighted by atomic mass is 9.94. The minimum Gasteiger partial charge on any atom is -0.481 e. The fourth-order valence-corrected chi connectivity index (χ4v) is 2.54. The summed E-state index contributed by atoms with van der Waals surface area (Å²) in [5.41, 5.74) is 0. The maximum absolute atomic E-state index is 12.1. The molecule has 2 saturated heterocycles. The Morgan fingerprint density at radius 2 is 1.82 bits per heavy atom. The number of ether oxygens (including phenoxy) is 1. The van der Waals surface area contributed by atoms with Crippen LogP contribution in [0.1, 0.15) is 25.7 Å². The summed E-state index contributed by atoms with van der Waals surface area (Å²) in [6.45, 7) is 2.43. The van der Waals surface area contributed by atoms with Crippen LogP contribution in [0, 0.1) is 11.8 Å². The van der Waals surface area contributed by atoms with Crippen molar-refractivity contribution in [3.63, 3.8) is 0 Å². The summed E-state index contributed by atoms with van der Waals surface area (Å²) >= 11 is 0. The van der Waals surface area contributed by atoms with Crippen molar-refractivity contribution in [2.24, 2.45) is 11.8 Å². The molecule has 2 rings (SSSR count). The van der Waals surface area contributed by atoms with E-state index in [1.807, 2.05) is 0 Å². The van der Waals surface area contributed by atoms with Gasteiger partial charge in [0.15, 0.2) is 0 Å². The van der Waals surface area contributed by atoms with Crippen LogP contribution in [0.2, 0.25) is 0 Å². The molecule has 0 saturated carbocycles. The third-order valence-electron chi connectivity index (χ3n) is 3.67. The van der Waals surface area contributed by atoms with E-state index in [-0.39, 0.29) is 17.7 Å². The average Bonchev–Trinajstić information content (AvgIpc) is 2.39. The summed E-state index contributed by atoms with van der Waals surface area (Å²) in [5, 5.41) is 8.89. The van der Waals surface area contributed by atoms with Gasteiger partial charge in [0.25, 0.3) is 0 Å². The number of hydrogen-bond donors (Lipinski definition) is 1. The van der Waals surface area contributed by atoms with Crippen LogP contribution in [0.15, 0.2) is 0 Å². The number of carboxylic acid groups (broad SMARTS) is 1. The van der Waals surface area contributed by atoms with Crippen LogP contribution in [-0.2, 0) is 14.3 Å². The van der Waals surface area contributed by atoms with Crippen molar-refractivity contribution in [2.45, 2.75) is 25.7 Å². The van der Waals surface area contributed by atoms with Gasteiger partial charge in [-0.3, -0.25) is 9.59 Å². The van der Waals surface area contributed by atoms with E-state index in [0.717, 1.165) is 19.4 Å². The van der Waals surface area contributed by atoms with Crippen LogP contribution in [-0.4, -0.2) is 48.2 Å². The number of aliphatic carboxylic acids is 1. The number of rotatable bonds is 2. The maximum atomic E-state index is 12.1. The van der Waals surface area contributed by atoms with Gasteiger partial charge >= 0.3 is 5.97 Å². The SMILES string of the molecule is O=C(O)C1CCN(C(=O)C2CCCOC2)CC1. The molecule has 1 atom stereocenters. The zero-order valence-electron chi connectivity index (χ0n) is 9.93. The van der Waals surface area contributed by atoms with Gasteiger partial charge in [0, 0.05) is 19.7 Å². The van der Waals surface area contributed by atoms with Crippen LogP contribution in [0.5, 0.6) is 0 Å². The first-order valence-electron chi connectivity index (χ1n) is 6.28. The number of nitrogens with zero attached hydrogens (tertiary/aromatic N) is 1. The lowest BCUT2D eigenvalue weighted by Gasteiger charge is -2.33. The lowest BCUT2D eigenvalue weighted by molar-refractivity contribution is -0.148. The van der Waals surface area contributed by atoms with Gasteiger partial charge in [-0.15, -0.1) is 0 Å². The highest BCUT2D eigenvalue weighted by Gasteiger charge is 2.31. The number of piperidine rings is 1. The number of hydrogen-bond acceptors (Lipinski definition) is 3. The first-order chi connectivity index (χ1) is 8.18. The van der Waals surface area contributed by atoms with Gasteiger partial charge in [-0.25, -0.2) is 0 Å². The molecular formula is C12H19NO4. The van der Waals surface area contributed by atoms with E-state index >= 15 is 0 Å². The fourth-order valence-electron chi connectivity index (χ4n) is 2.54. The van der Waals surface area contributed by atoms with Gasteiger partial charge in [-0.2, -0.15) is 0 Å². The van der Waals surface area contributed by atoms with Crippen molar-refractivity contribution in [3.05, 3.63) is 0 Å². The number of carbonyl (C=O) groups excluding carboxylic acids is 1. The van der Waals surface area contributed by atoms with Crippen molar-refractivity contribution in [1.82, 2.24) is 4.90 Å².